The molecule has 0 atom stereocenters. The summed E-state index contributed by atoms with van der Waals surface area (Å²) in [4.78, 5) is 23.1. The monoisotopic (exact) mass is 392 g/mol. The third-order valence-corrected chi connectivity index (χ3v) is 4.31. The minimum Gasteiger partial charge on any atom is -0.461 e. The molecule has 0 heterocycles. The Morgan fingerprint density at radius 3 is 2.04 bits per heavy atom. The minimum atomic E-state index is -0.308. The van der Waals surface area contributed by atoms with Gasteiger partial charge in [0.2, 0.25) is 0 Å². The van der Waals surface area contributed by atoms with Crippen LogP contribution in [0.25, 0.3) is 0 Å². The Bertz CT molecular complexity index is 471. The van der Waals surface area contributed by atoms with E-state index < -0.39 is 0 Å². The molecule has 0 bridgehead atoms. The largest absolute Gasteiger partial charge is 0.461 e. The van der Waals surface area contributed by atoms with Gasteiger partial charge in [0.15, 0.2) is 6.61 Å². The Hall–Kier alpha value is -1.76. The van der Waals surface area contributed by atoms with Crippen molar-refractivity contribution in [2.24, 2.45) is 0 Å². The van der Waals surface area contributed by atoms with Crippen molar-refractivity contribution in [2.75, 3.05) is 13.2 Å². The van der Waals surface area contributed by atoms with E-state index in [-0.39, 0.29) is 31.4 Å². The summed E-state index contributed by atoms with van der Waals surface area (Å²) in [5.74, 6) is 5.36. The molecule has 0 aliphatic carbocycles. The minimum absolute atomic E-state index is 0.141. The van der Waals surface area contributed by atoms with Crippen LogP contribution >= 0.6 is 0 Å². The average Bonchev–Trinajstić information content (AvgIpc) is 2.68. The van der Waals surface area contributed by atoms with Crippen molar-refractivity contribution < 1.29 is 19.1 Å². The molecule has 0 radical (unpaired) electrons. The Balaban J connectivity index is 3.46. The van der Waals surface area contributed by atoms with Crippen molar-refractivity contribution in [3.8, 4) is 11.8 Å². The second-order valence-corrected chi connectivity index (χ2v) is 7.04. The summed E-state index contributed by atoms with van der Waals surface area (Å²) in [5.41, 5.74) is 0. The molecule has 0 spiro atoms. The van der Waals surface area contributed by atoms with Crippen LogP contribution in [0.2, 0.25) is 0 Å². The zero-order valence-corrected chi connectivity index (χ0v) is 18.1. The normalized spacial score (nSPS) is 10.5. The lowest BCUT2D eigenvalue weighted by atomic mass is 10.1. The molecular weight excluding hydrogens is 352 g/mol. The third kappa shape index (κ3) is 20.6. The predicted molar refractivity (Wildman–Crippen MR) is 115 cm³/mol. The first-order valence-electron chi connectivity index (χ1n) is 11.1. The molecule has 4 nitrogen and oxygen atoms in total. The Morgan fingerprint density at radius 2 is 1.36 bits per heavy atom. The summed E-state index contributed by atoms with van der Waals surface area (Å²) in [7, 11) is 0. The van der Waals surface area contributed by atoms with Crippen molar-refractivity contribution in [1.29, 1.82) is 0 Å². The number of rotatable bonds is 17. The van der Waals surface area contributed by atoms with Gasteiger partial charge >= 0.3 is 11.9 Å². The average molecular weight is 393 g/mol. The van der Waals surface area contributed by atoms with Crippen molar-refractivity contribution in [1.82, 2.24) is 0 Å². The maximum Gasteiger partial charge on any atom is 0.306 e. The Kier molecular flexibility index (Phi) is 20.2. The summed E-state index contributed by atoms with van der Waals surface area (Å²) in [6, 6.07) is 0. The topological polar surface area (TPSA) is 52.6 Å². The van der Waals surface area contributed by atoms with E-state index in [1.54, 1.807) is 0 Å². The summed E-state index contributed by atoms with van der Waals surface area (Å²) < 4.78 is 10.1. The molecule has 0 aromatic carbocycles. The van der Waals surface area contributed by atoms with Crippen LogP contribution in [-0.2, 0) is 19.1 Å². The second-order valence-electron chi connectivity index (χ2n) is 7.04. The van der Waals surface area contributed by atoms with Gasteiger partial charge in [0.25, 0.3) is 0 Å². The van der Waals surface area contributed by atoms with Crippen molar-refractivity contribution in [3.05, 3.63) is 12.2 Å². The molecule has 0 aromatic rings. The van der Waals surface area contributed by atoms with Gasteiger partial charge < -0.3 is 9.47 Å². The highest BCUT2D eigenvalue weighted by Gasteiger charge is 2.06. The lowest BCUT2D eigenvalue weighted by molar-refractivity contribution is -0.144. The molecule has 0 fully saturated rings. The molecule has 160 valence electrons. The Labute approximate surface area is 172 Å². The smallest absolute Gasteiger partial charge is 0.306 e. The molecule has 0 N–H and O–H groups in total. The first kappa shape index (κ1) is 26.2. The lowest BCUT2D eigenvalue weighted by Crippen LogP contribution is -2.08. The van der Waals surface area contributed by atoms with Crippen molar-refractivity contribution in [3.63, 3.8) is 0 Å². The molecule has 0 aliphatic heterocycles. The standard InChI is InChI=1S/C24H40O4/c1-3-5-7-9-10-11-12-13-14-15-17-22-28-24(26)20-18-19-23(25)27-21-16-8-6-4-2/h8,16H,3-7,9-14,18-22H2,1-2H3/b16-8+. The highest BCUT2D eigenvalue weighted by Crippen LogP contribution is 2.09. The molecule has 4 heteroatoms. The van der Waals surface area contributed by atoms with E-state index in [0.29, 0.717) is 13.0 Å². The van der Waals surface area contributed by atoms with E-state index in [1.165, 1.54) is 44.9 Å². The van der Waals surface area contributed by atoms with Gasteiger partial charge in [0, 0.05) is 19.3 Å². The van der Waals surface area contributed by atoms with Crippen LogP contribution in [0.4, 0.5) is 0 Å². The van der Waals surface area contributed by atoms with Gasteiger partial charge in [-0.05, 0) is 19.3 Å². The van der Waals surface area contributed by atoms with Gasteiger partial charge in [-0.3, -0.25) is 9.59 Å². The van der Waals surface area contributed by atoms with Crippen LogP contribution in [0.3, 0.4) is 0 Å². The van der Waals surface area contributed by atoms with Crippen LogP contribution in [0.1, 0.15) is 104 Å². The van der Waals surface area contributed by atoms with E-state index >= 15 is 0 Å². The molecule has 0 saturated carbocycles. The van der Waals surface area contributed by atoms with Crippen molar-refractivity contribution >= 4 is 11.9 Å². The quantitative estimate of drug-likeness (QED) is 0.129. The van der Waals surface area contributed by atoms with Crippen LogP contribution in [0, 0.1) is 11.8 Å². The van der Waals surface area contributed by atoms with Gasteiger partial charge in [0.05, 0.1) is 0 Å². The molecular formula is C24H40O4. The second kappa shape index (κ2) is 21.5. The van der Waals surface area contributed by atoms with Crippen LogP contribution < -0.4 is 0 Å². The van der Waals surface area contributed by atoms with Gasteiger partial charge in [-0.1, -0.05) is 89.2 Å². The molecule has 0 saturated heterocycles. The van der Waals surface area contributed by atoms with Crippen LogP contribution in [0.5, 0.6) is 0 Å². The number of carbonyl (C=O) groups is 2. The fraction of sp³-hybridized carbons (Fsp3) is 0.750. The molecule has 0 rings (SSSR count). The summed E-state index contributed by atoms with van der Waals surface area (Å²) >= 11 is 0. The van der Waals surface area contributed by atoms with E-state index in [9.17, 15) is 9.59 Å². The number of esters is 2. The van der Waals surface area contributed by atoms with Crippen molar-refractivity contribution in [2.45, 2.75) is 104 Å². The molecule has 0 unspecified atom stereocenters. The number of allylic oxidation sites excluding steroid dienone is 1. The zero-order chi connectivity index (χ0) is 20.7. The zero-order valence-electron chi connectivity index (χ0n) is 18.1. The number of carbonyl (C=O) groups excluding carboxylic acids is 2. The third-order valence-electron chi connectivity index (χ3n) is 4.31. The van der Waals surface area contributed by atoms with E-state index in [0.717, 1.165) is 25.7 Å². The number of hydrogen-bond acceptors (Lipinski definition) is 4. The number of unbranched alkanes of at least 4 members (excludes halogenated alkanes) is 9. The Morgan fingerprint density at radius 1 is 0.714 bits per heavy atom. The highest BCUT2D eigenvalue weighted by atomic mass is 16.5. The summed E-state index contributed by atoms with van der Waals surface area (Å²) in [6.45, 7) is 4.78. The van der Waals surface area contributed by atoms with Crippen LogP contribution in [-0.4, -0.2) is 25.2 Å². The first-order chi connectivity index (χ1) is 13.7. The maximum absolute atomic E-state index is 11.6. The van der Waals surface area contributed by atoms with Gasteiger partial charge in [0.1, 0.15) is 6.61 Å². The van der Waals surface area contributed by atoms with E-state index in [1.807, 2.05) is 12.2 Å². The summed E-state index contributed by atoms with van der Waals surface area (Å²) in [6.07, 6.45) is 18.0. The number of ether oxygens (including phenoxy) is 2. The van der Waals surface area contributed by atoms with Crippen LogP contribution in [0.15, 0.2) is 12.2 Å². The highest BCUT2D eigenvalue weighted by molar-refractivity contribution is 5.72. The van der Waals surface area contributed by atoms with E-state index in [2.05, 4.69) is 25.7 Å². The lowest BCUT2D eigenvalue weighted by Gasteiger charge is -2.02. The van der Waals surface area contributed by atoms with Gasteiger partial charge in [-0.25, -0.2) is 0 Å². The predicted octanol–water partition coefficient (Wildman–Crippen LogP) is 6.13. The fourth-order valence-electron chi connectivity index (χ4n) is 2.62. The van der Waals surface area contributed by atoms with Gasteiger partial charge in [-0.2, -0.15) is 0 Å². The number of hydrogen-bond donors (Lipinski definition) is 0. The summed E-state index contributed by atoms with van der Waals surface area (Å²) in [5, 5.41) is 0. The SMILES string of the molecule is CCC/C=C/COC(=O)CCCC(=O)OCC#CCCCCCCCCCC. The molecule has 0 amide bonds. The van der Waals surface area contributed by atoms with E-state index in [4.69, 9.17) is 9.47 Å². The molecule has 0 aromatic heterocycles. The fourth-order valence-corrected chi connectivity index (χ4v) is 2.62. The maximum atomic E-state index is 11.6. The molecule has 28 heavy (non-hydrogen) atoms. The molecule has 0 aliphatic rings. The first-order valence-corrected chi connectivity index (χ1v) is 11.1. The van der Waals surface area contributed by atoms with Gasteiger partial charge in [-0.15, -0.1) is 0 Å².